The predicted octanol–water partition coefficient (Wildman–Crippen LogP) is 3.28. The average molecular weight is 306 g/mol. The lowest BCUT2D eigenvalue weighted by molar-refractivity contribution is 0.316. The molecule has 1 saturated carbocycles. The molecule has 1 unspecified atom stereocenters. The van der Waals surface area contributed by atoms with E-state index in [1.807, 2.05) is 0 Å². The van der Waals surface area contributed by atoms with Gasteiger partial charge in [0.2, 0.25) is 5.82 Å². The smallest absolute Gasteiger partial charge is 0.200 e. The molecular weight excluding hydrogens is 291 g/mol. The van der Waals surface area contributed by atoms with Gasteiger partial charge in [0.1, 0.15) is 5.69 Å². The number of nitrogens with zero attached hydrogens (tertiary/aromatic N) is 1. The van der Waals surface area contributed by atoms with Crippen molar-refractivity contribution in [2.45, 2.75) is 25.3 Å². The van der Waals surface area contributed by atoms with Crippen molar-refractivity contribution in [3.8, 4) is 0 Å². The van der Waals surface area contributed by atoms with Gasteiger partial charge in [0.05, 0.1) is 0 Å². The highest BCUT2D eigenvalue weighted by atomic mass is 19.2. The van der Waals surface area contributed by atoms with Gasteiger partial charge in [-0.1, -0.05) is 0 Å². The highest BCUT2D eigenvalue weighted by molar-refractivity contribution is 5.47. The van der Waals surface area contributed by atoms with Gasteiger partial charge in [-0.3, -0.25) is 0 Å². The Kier molecular flexibility index (Phi) is 3.77. The number of nitrogens with one attached hydrogen (secondary N) is 1. The normalized spacial score (nSPS) is 22.8. The number of rotatable bonds is 4. The number of anilines is 1. The second kappa shape index (κ2) is 5.44. The average Bonchev–Trinajstić information content (AvgIpc) is 3.22. The Bertz CT molecular complexity index is 530. The van der Waals surface area contributed by atoms with Crippen molar-refractivity contribution < 1.29 is 22.0 Å². The van der Waals surface area contributed by atoms with E-state index in [-0.39, 0.29) is 12.5 Å². The highest BCUT2D eigenvalue weighted by Gasteiger charge is 2.34. The molecule has 21 heavy (non-hydrogen) atoms. The Morgan fingerprint density at radius 1 is 0.857 bits per heavy atom. The van der Waals surface area contributed by atoms with Crippen molar-refractivity contribution in [2.75, 3.05) is 25.0 Å². The number of likely N-dealkylation sites (tertiary alicyclic amines) is 1. The molecule has 0 bridgehead atoms. The molecule has 1 aliphatic heterocycles. The number of hydrogen-bond acceptors (Lipinski definition) is 2. The summed E-state index contributed by atoms with van der Waals surface area (Å²) < 4.78 is 66.1. The first-order valence-electron chi connectivity index (χ1n) is 6.98. The maximum Gasteiger partial charge on any atom is 0.200 e. The molecule has 2 fully saturated rings. The third kappa shape index (κ3) is 2.71. The molecule has 0 radical (unpaired) electrons. The zero-order valence-electron chi connectivity index (χ0n) is 11.2. The van der Waals surface area contributed by atoms with Crippen LogP contribution in [0, 0.1) is 35.0 Å². The van der Waals surface area contributed by atoms with E-state index in [4.69, 9.17) is 0 Å². The zero-order valence-corrected chi connectivity index (χ0v) is 11.2. The van der Waals surface area contributed by atoms with Gasteiger partial charge in [0.25, 0.3) is 0 Å². The second-order valence-corrected chi connectivity index (χ2v) is 5.71. The molecule has 1 aromatic carbocycles. The Morgan fingerprint density at radius 2 is 1.43 bits per heavy atom. The minimum Gasteiger partial charge on any atom is -0.380 e. The van der Waals surface area contributed by atoms with Crippen molar-refractivity contribution in [3.63, 3.8) is 0 Å². The largest absolute Gasteiger partial charge is 0.380 e. The summed E-state index contributed by atoms with van der Waals surface area (Å²) in [7, 11) is 0. The molecule has 2 aliphatic rings. The first-order valence-corrected chi connectivity index (χ1v) is 6.98. The Morgan fingerprint density at radius 3 is 2.00 bits per heavy atom. The summed E-state index contributed by atoms with van der Waals surface area (Å²) in [6.07, 6.45) is 3.22. The van der Waals surface area contributed by atoms with Gasteiger partial charge in [0, 0.05) is 19.1 Å². The van der Waals surface area contributed by atoms with Gasteiger partial charge in [0.15, 0.2) is 23.3 Å². The van der Waals surface area contributed by atoms with Crippen molar-refractivity contribution in [1.29, 1.82) is 0 Å². The Balaban J connectivity index is 1.68. The van der Waals surface area contributed by atoms with Crippen LogP contribution in [0.15, 0.2) is 0 Å². The van der Waals surface area contributed by atoms with Crippen LogP contribution in [0.5, 0.6) is 0 Å². The highest BCUT2D eigenvalue weighted by Crippen LogP contribution is 2.32. The number of hydrogen-bond donors (Lipinski definition) is 1. The van der Waals surface area contributed by atoms with Gasteiger partial charge < -0.3 is 10.2 Å². The first-order chi connectivity index (χ1) is 9.99. The third-order valence-corrected chi connectivity index (χ3v) is 4.16. The summed E-state index contributed by atoms with van der Waals surface area (Å²) >= 11 is 0. The minimum atomic E-state index is -2.13. The van der Waals surface area contributed by atoms with E-state index >= 15 is 0 Å². The third-order valence-electron chi connectivity index (χ3n) is 4.16. The number of benzene rings is 1. The van der Waals surface area contributed by atoms with Crippen LogP contribution in [0.2, 0.25) is 0 Å². The monoisotopic (exact) mass is 306 g/mol. The van der Waals surface area contributed by atoms with Crippen LogP contribution in [0.4, 0.5) is 27.6 Å². The summed E-state index contributed by atoms with van der Waals surface area (Å²) in [5.74, 6) is -9.41. The van der Waals surface area contributed by atoms with Gasteiger partial charge >= 0.3 is 0 Å². The molecule has 0 amide bonds. The van der Waals surface area contributed by atoms with Gasteiger partial charge in [-0.25, -0.2) is 22.0 Å². The molecule has 7 heteroatoms. The van der Waals surface area contributed by atoms with Crippen LogP contribution < -0.4 is 5.32 Å². The second-order valence-electron chi connectivity index (χ2n) is 5.71. The number of halogens is 5. The zero-order chi connectivity index (χ0) is 15.1. The molecule has 1 heterocycles. The lowest BCUT2D eigenvalue weighted by Gasteiger charge is -2.16. The molecular formula is C14H15F5N2. The van der Waals surface area contributed by atoms with Crippen LogP contribution in [0.25, 0.3) is 0 Å². The molecule has 116 valence electrons. The summed E-state index contributed by atoms with van der Waals surface area (Å²) in [6, 6.07) is 0.615. The van der Waals surface area contributed by atoms with E-state index in [0.717, 1.165) is 19.5 Å². The standard InChI is InChI=1S/C14H15F5N2/c15-9-10(16)12(18)14(13(19)11(9)17)20-5-7-3-4-21(6-7)8-1-2-8/h7-8,20H,1-6H2. The topological polar surface area (TPSA) is 15.3 Å². The van der Waals surface area contributed by atoms with E-state index in [1.54, 1.807) is 0 Å². The van der Waals surface area contributed by atoms with E-state index in [2.05, 4.69) is 10.2 Å². The molecule has 2 nitrogen and oxygen atoms in total. The maximum absolute atomic E-state index is 13.5. The molecule has 3 rings (SSSR count). The fraction of sp³-hybridized carbons (Fsp3) is 0.571. The van der Waals surface area contributed by atoms with Crippen LogP contribution in [-0.4, -0.2) is 30.6 Å². The van der Waals surface area contributed by atoms with E-state index in [0.29, 0.717) is 6.04 Å². The van der Waals surface area contributed by atoms with Crippen molar-refractivity contribution in [1.82, 2.24) is 4.90 Å². The van der Waals surface area contributed by atoms with Crippen LogP contribution >= 0.6 is 0 Å². The molecule has 1 saturated heterocycles. The molecule has 0 aromatic heterocycles. The fourth-order valence-corrected chi connectivity index (χ4v) is 2.81. The Hall–Kier alpha value is -1.37. The molecule has 1 aliphatic carbocycles. The van der Waals surface area contributed by atoms with Crippen molar-refractivity contribution >= 4 is 5.69 Å². The first kappa shape index (κ1) is 14.6. The Labute approximate surface area is 118 Å². The van der Waals surface area contributed by atoms with E-state index in [9.17, 15) is 22.0 Å². The minimum absolute atomic E-state index is 0.153. The van der Waals surface area contributed by atoms with Crippen molar-refractivity contribution in [3.05, 3.63) is 29.1 Å². The predicted molar refractivity (Wildman–Crippen MR) is 67.4 cm³/mol. The van der Waals surface area contributed by atoms with Gasteiger partial charge in [-0.15, -0.1) is 0 Å². The fourth-order valence-electron chi connectivity index (χ4n) is 2.81. The van der Waals surface area contributed by atoms with E-state index in [1.165, 1.54) is 12.8 Å². The summed E-state index contributed by atoms with van der Waals surface area (Å²) in [5, 5.41) is 2.39. The SMILES string of the molecule is Fc1c(F)c(F)c(NCC2CCN(C3CC3)C2)c(F)c1F. The quantitative estimate of drug-likeness (QED) is 0.522. The lowest BCUT2D eigenvalue weighted by Crippen LogP contribution is -2.25. The van der Waals surface area contributed by atoms with Crippen LogP contribution in [-0.2, 0) is 0 Å². The van der Waals surface area contributed by atoms with E-state index < -0.39 is 34.8 Å². The van der Waals surface area contributed by atoms with Crippen LogP contribution in [0.3, 0.4) is 0 Å². The maximum atomic E-state index is 13.5. The molecule has 1 atom stereocenters. The van der Waals surface area contributed by atoms with Gasteiger partial charge in [-0.05, 0) is 31.7 Å². The molecule has 1 N–H and O–H groups in total. The molecule has 1 aromatic rings. The van der Waals surface area contributed by atoms with Gasteiger partial charge in [-0.2, -0.15) is 0 Å². The summed E-state index contributed by atoms with van der Waals surface area (Å²) in [6.45, 7) is 1.92. The summed E-state index contributed by atoms with van der Waals surface area (Å²) in [4.78, 5) is 2.31. The summed E-state index contributed by atoms with van der Waals surface area (Å²) in [5.41, 5.74) is -0.934. The lowest BCUT2D eigenvalue weighted by atomic mass is 10.1. The molecule has 0 spiro atoms. The van der Waals surface area contributed by atoms with Crippen LogP contribution in [0.1, 0.15) is 19.3 Å². The van der Waals surface area contributed by atoms with Crippen molar-refractivity contribution in [2.24, 2.45) is 5.92 Å².